The molecule has 1 unspecified atom stereocenters. The number of hydrogen-bond acceptors (Lipinski definition) is 4. The lowest BCUT2D eigenvalue weighted by Crippen LogP contribution is -2.42. The van der Waals surface area contributed by atoms with Gasteiger partial charge in [-0.2, -0.15) is 0 Å². The molecule has 1 atom stereocenters. The molecule has 1 fully saturated rings. The summed E-state index contributed by atoms with van der Waals surface area (Å²) in [4.78, 5) is 6.49. The highest BCUT2D eigenvalue weighted by Crippen LogP contribution is 2.13. The molecule has 1 saturated heterocycles. The molecule has 0 saturated carbocycles. The average molecular weight is 437 g/mol. The molecular weight excluding hydrogens is 409 g/mol. The minimum Gasteiger partial charge on any atom is -0.467 e. The quantitative estimate of drug-likeness (QED) is 0.293. The van der Waals surface area contributed by atoms with Crippen LogP contribution in [-0.2, 0) is 16.1 Å². The molecule has 23 heavy (non-hydrogen) atoms. The fourth-order valence-electron chi connectivity index (χ4n) is 2.53. The zero-order valence-corrected chi connectivity index (χ0v) is 16.3. The normalized spacial score (nSPS) is 17.8. The Hall–Kier alpha value is -0.800. The highest BCUT2D eigenvalue weighted by molar-refractivity contribution is 14.0. The van der Waals surface area contributed by atoms with Gasteiger partial charge < -0.3 is 24.1 Å². The van der Waals surface area contributed by atoms with E-state index < -0.39 is 0 Å². The number of rotatable bonds is 8. The number of nitrogens with one attached hydrogen (secondary N) is 1. The maximum absolute atomic E-state index is 5.56. The molecule has 6 nitrogen and oxygen atoms in total. The smallest absolute Gasteiger partial charge is 0.193 e. The molecule has 2 heterocycles. The minimum atomic E-state index is 0. The number of ether oxygens (including phenoxy) is 2. The third kappa shape index (κ3) is 7.54. The summed E-state index contributed by atoms with van der Waals surface area (Å²) in [6, 6.07) is 3.79. The lowest BCUT2D eigenvalue weighted by molar-refractivity contribution is 0.104. The number of hydrogen-bond donors (Lipinski definition) is 1. The van der Waals surface area contributed by atoms with Crippen molar-refractivity contribution in [1.82, 2.24) is 10.2 Å². The van der Waals surface area contributed by atoms with Crippen LogP contribution in [0.4, 0.5) is 0 Å². The second-order valence-electron chi connectivity index (χ2n) is 5.57. The molecule has 0 bridgehead atoms. The van der Waals surface area contributed by atoms with Crippen LogP contribution in [0.3, 0.4) is 0 Å². The van der Waals surface area contributed by atoms with E-state index in [-0.39, 0.29) is 24.0 Å². The van der Waals surface area contributed by atoms with E-state index in [4.69, 9.17) is 13.9 Å². The maximum atomic E-state index is 5.56. The Morgan fingerprint density at radius 1 is 1.52 bits per heavy atom. The summed E-state index contributed by atoms with van der Waals surface area (Å²) in [6.45, 7) is 4.80. The molecule has 0 amide bonds. The summed E-state index contributed by atoms with van der Waals surface area (Å²) in [6.07, 6.45) is 3.73. The van der Waals surface area contributed by atoms with Crippen LogP contribution in [0.2, 0.25) is 0 Å². The van der Waals surface area contributed by atoms with Crippen molar-refractivity contribution in [3.63, 3.8) is 0 Å². The predicted octanol–water partition coefficient (Wildman–Crippen LogP) is 2.35. The fourth-order valence-corrected chi connectivity index (χ4v) is 2.53. The first-order valence-corrected chi connectivity index (χ1v) is 7.89. The summed E-state index contributed by atoms with van der Waals surface area (Å²) in [5.41, 5.74) is 0. The highest BCUT2D eigenvalue weighted by Gasteiger charge is 2.18. The van der Waals surface area contributed by atoms with Gasteiger partial charge in [0, 0.05) is 46.3 Å². The Labute approximate surface area is 155 Å². The zero-order chi connectivity index (χ0) is 15.6. The molecule has 1 aromatic heterocycles. The number of guanidine groups is 1. The van der Waals surface area contributed by atoms with Crippen LogP contribution in [0, 0.1) is 5.92 Å². The van der Waals surface area contributed by atoms with Crippen LogP contribution in [0.5, 0.6) is 0 Å². The fraction of sp³-hybridized carbons (Fsp3) is 0.688. The van der Waals surface area contributed by atoms with Gasteiger partial charge in [0.05, 0.1) is 12.9 Å². The van der Waals surface area contributed by atoms with E-state index in [1.807, 2.05) is 19.2 Å². The van der Waals surface area contributed by atoms with Crippen LogP contribution >= 0.6 is 24.0 Å². The molecule has 0 radical (unpaired) electrons. The van der Waals surface area contributed by atoms with Crippen molar-refractivity contribution in [3.8, 4) is 0 Å². The molecule has 1 aromatic rings. The van der Waals surface area contributed by atoms with E-state index in [0.29, 0.717) is 19.1 Å². The molecule has 132 valence electrons. The topological polar surface area (TPSA) is 59.2 Å². The summed E-state index contributed by atoms with van der Waals surface area (Å²) >= 11 is 0. The Balaban J connectivity index is 0.00000264. The van der Waals surface area contributed by atoms with E-state index in [1.165, 1.54) is 0 Å². The first-order valence-electron chi connectivity index (χ1n) is 7.89. The Morgan fingerprint density at radius 3 is 3.04 bits per heavy atom. The minimum absolute atomic E-state index is 0. The van der Waals surface area contributed by atoms with Crippen molar-refractivity contribution in [2.24, 2.45) is 10.9 Å². The lowest BCUT2D eigenvalue weighted by Gasteiger charge is -2.24. The van der Waals surface area contributed by atoms with Gasteiger partial charge in [0.1, 0.15) is 12.4 Å². The molecule has 0 spiro atoms. The van der Waals surface area contributed by atoms with Crippen molar-refractivity contribution in [1.29, 1.82) is 0 Å². The van der Waals surface area contributed by atoms with Gasteiger partial charge in [-0.3, -0.25) is 4.99 Å². The van der Waals surface area contributed by atoms with Gasteiger partial charge in [0.2, 0.25) is 0 Å². The largest absolute Gasteiger partial charge is 0.467 e. The molecule has 7 heteroatoms. The average Bonchev–Trinajstić information content (AvgIpc) is 3.20. The monoisotopic (exact) mass is 437 g/mol. The first kappa shape index (κ1) is 20.2. The molecular formula is C16H28IN3O3. The van der Waals surface area contributed by atoms with E-state index >= 15 is 0 Å². The SMILES string of the molecule is CN=C(NCCCOCc1ccco1)N(C)CC1CCOC1.I. The molecule has 0 aliphatic carbocycles. The highest BCUT2D eigenvalue weighted by atomic mass is 127. The summed E-state index contributed by atoms with van der Waals surface area (Å²) in [5, 5.41) is 3.37. The predicted molar refractivity (Wildman–Crippen MR) is 101 cm³/mol. The molecule has 1 N–H and O–H groups in total. The second kappa shape index (κ2) is 11.7. The van der Waals surface area contributed by atoms with Crippen LogP contribution in [0.1, 0.15) is 18.6 Å². The zero-order valence-electron chi connectivity index (χ0n) is 14.0. The standard InChI is InChI=1S/C16H27N3O3.HI/c1-17-16(19(2)11-14-6-10-21-12-14)18-7-4-8-20-13-15-5-3-9-22-15;/h3,5,9,14H,4,6-8,10-13H2,1-2H3,(H,17,18);1H. The third-order valence-electron chi connectivity index (χ3n) is 3.70. The summed E-state index contributed by atoms with van der Waals surface area (Å²) < 4.78 is 16.2. The Bertz CT molecular complexity index is 434. The Morgan fingerprint density at radius 2 is 2.39 bits per heavy atom. The third-order valence-corrected chi connectivity index (χ3v) is 3.70. The van der Waals surface area contributed by atoms with Crippen LogP contribution < -0.4 is 5.32 Å². The molecule has 1 aliphatic rings. The number of halogens is 1. The van der Waals surface area contributed by atoms with Crippen molar-refractivity contribution in [2.75, 3.05) is 47.0 Å². The van der Waals surface area contributed by atoms with Gasteiger partial charge in [-0.15, -0.1) is 24.0 Å². The van der Waals surface area contributed by atoms with Crippen LogP contribution in [0.25, 0.3) is 0 Å². The summed E-state index contributed by atoms with van der Waals surface area (Å²) in [7, 11) is 3.89. The first-order chi connectivity index (χ1) is 10.8. The van der Waals surface area contributed by atoms with Gasteiger partial charge in [-0.25, -0.2) is 0 Å². The molecule has 0 aromatic carbocycles. The number of aliphatic imine (C=N–C) groups is 1. The van der Waals surface area contributed by atoms with Crippen molar-refractivity contribution in [3.05, 3.63) is 24.2 Å². The molecule has 1 aliphatic heterocycles. The van der Waals surface area contributed by atoms with Crippen molar-refractivity contribution >= 4 is 29.9 Å². The lowest BCUT2D eigenvalue weighted by atomic mass is 10.1. The van der Waals surface area contributed by atoms with Gasteiger partial charge in [-0.05, 0) is 25.0 Å². The van der Waals surface area contributed by atoms with Gasteiger partial charge >= 0.3 is 0 Å². The van der Waals surface area contributed by atoms with Crippen molar-refractivity contribution < 1.29 is 13.9 Å². The Kier molecular flexibility index (Phi) is 10.3. The van der Waals surface area contributed by atoms with Crippen LogP contribution in [-0.4, -0.2) is 57.9 Å². The van der Waals surface area contributed by atoms with Crippen LogP contribution in [0.15, 0.2) is 27.8 Å². The van der Waals surface area contributed by atoms with E-state index in [1.54, 1.807) is 6.26 Å². The van der Waals surface area contributed by atoms with E-state index in [0.717, 1.165) is 50.9 Å². The maximum Gasteiger partial charge on any atom is 0.193 e. The number of furan rings is 1. The van der Waals surface area contributed by atoms with E-state index in [9.17, 15) is 0 Å². The van der Waals surface area contributed by atoms with E-state index in [2.05, 4.69) is 22.3 Å². The molecule has 2 rings (SSSR count). The second-order valence-corrected chi connectivity index (χ2v) is 5.57. The van der Waals surface area contributed by atoms with Gasteiger partial charge in [-0.1, -0.05) is 0 Å². The van der Waals surface area contributed by atoms with Gasteiger partial charge in [0.15, 0.2) is 5.96 Å². The van der Waals surface area contributed by atoms with Gasteiger partial charge in [0.25, 0.3) is 0 Å². The summed E-state index contributed by atoms with van der Waals surface area (Å²) in [5.74, 6) is 2.40. The number of nitrogens with zero attached hydrogens (tertiary/aromatic N) is 2. The van der Waals surface area contributed by atoms with Crippen molar-refractivity contribution in [2.45, 2.75) is 19.4 Å².